The monoisotopic (exact) mass is 424 g/mol. The van der Waals surface area contributed by atoms with Crippen LogP contribution in [0.3, 0.4) is 0 Å². The minimum absolute atomic E-state index is 0.113. The van der Waals surface area contributed by atoms with E-state index in [2.05, 4.69) is 10.3 Å². The number of amides is 1. The zero-order valence-corrected chi connectivity index (χ0v) is 16.1. The fourth-order valence-corrected chi connectivity index (χ4v) is 2.55. The highest BCUT2D eigenvalue weighted by Gasteiger charge is 2.23. The maximum absolute atomic E-state index is 14.2. The Morgan fingerprint density at radius 1 is 1.27 bits per heavy atom. The van der Waals surface area contributed by atoms with Crippen LogP contribution < -0.4 is 14.8 Å². The summed E-state index contributed by atoms with van der Waals surface area (Å²) in [5, 5.41) is 10.9. The Morgan fingerprint density at radius 2 is 2.03 bits per heavy atom. The molecule has 0 saturated carbocycles. The fraction of sp³-hybridized carbons (Fsp3) is 0.300. The number of nitrogens with one attached hydrogen (secondary N) is 1. The first-order valence-electron chi connectivity index (χ1n) is 8.94. The van der Waals surface area contributed by atoms with Crippen LogP contribution >= 0.6 is 0 Å². The Bertz CT molecular complexity index is 1050. The summed E-state index contributed by atoms with van der Waals surface area (Å²) in [6.45, 7) is 1.51. The first-order valence-corrected chi connectivity index (χ1v) is 8.94. The second-order valence-corrected chi connectivity index (χ2v) is 6.81. The summed E-state index contributed by atoms with van der Waals surface area (Å²) in [7, 11) is 0. The van der Waals surface area contributed by atoms with E-state index >= 15 is 0 Å². The van der Waals surface area contributed by atoms with E-state index in [9.17, 15) is 18.0 Å². The number of ether oxygens (including phenoxy) is 2. The summed E-state index contributed by atoms with van der Waals surface area (Å²) < 4.78 is 55.9. The third-order valence-electron chi connectivity index (χ3n) is 3.89. The van der Waals surface area contributed by atoms with Gasteiger partial charge in [-0.1, -0.05) is 0 Å². The standard InChI is InChI=1S/C20H19F3N2O5/c1-11(24-19(26)27)9-28-13-4-5-15-17(8-13)30-18(25-15)12-3-6-16(14(21)7-12)29-10-20(2,22)23/h3-8,11,24H,9-10H2,1-2H3,(H,26,27)/t11-/m0/s1. The molecule has 7 nitrogen and oxygen atoms in total. The molecule has 0 bridgehead atoms. The van der Waals surface area contributed by atoms with Crippen molar-refractivity contribution in [3.05, 3.63) is 42.2 Å². The van der Waals surface area contributed by atoms with Gasteiger partial charge in [0.2, 0.25) is 5.89 Å². The molecule has 30 heavy (non-hydrogen) atoms. The number of fused-ring (bicyclic) bond motifs is 1. The average Bonchev–Trinajstić information content (AvgIpc) is 3.07. The summed E-state index contributed by atoms with van der Waals surface area (Å²) in [5.41, 5.74) is 1.19. The highest BCUT2D eigenvalue weighted by atomic mass is 19.3. The van der Waals surface area contributed by atoms with Crippen molar-refractivity contribution in [3.8, 4) is 23.0 Å². The Balaban J connectivity index is 1.74. The van der Waals surface area contributed by atoms with Crippen LogP contribution in [0.4, 0.5) is 18.0 Å². The number of alkyl halides is 2. The van der Waals surface area contributed by atoms with Gasteiger partial charge in [0.25, 0.3) is 5.92 Å². The van der Waals surface area contributed by atoms with Crippen molar-refractivity contribution in [2.75, 3.05) is 13.2 Å². The van der Waals surface area contributed by atoms with Crippen LogP contribution in [0, 0.1) is 5.82 Å². The van der Waals surface area contributed by atoms with Crippen molar-refractivity contribution in [1.29, 1.82) is 0 Å². The Morgan fingerprint density at radius 3 is 2.70 bits per heavy atom. The number of halogens is 3. The molecular weight excluding hydrogens is 405 g/mol. The van der Waals surface area contributed by atoms with Crippen LogP contribution in [0.1, 0.15) is 13.8 Å². The van der Waals surface area contributed by atoms with E-state index in [0.717, 1.165) is 6.07 Å². The fourth-order valence-electron chi connectivity index (χ4n) is 2.55. The Labute approximate surface area is 169 Å². The molecule has 3 aromatic rings. The van der Waals surface area contributed by atoms with Crippen LogP contribution in [-0.2, 0) is 0 Å². The van der Waals surface area contributed by atoms with Gasteiger partial charge in [-0.3, -0.25) is 0 Å². The number of carbonyl (C=O) groups is 1. The molecule has 10 heteroatoms. The van der Waals surface area contributed by atoms with E-state index in [1.165, 1.54) is 12.1 Å². The van der Waals surface area contributed by atoms with Gasteiger partial charge in [-0.25, -0.2) is 22.9 Å². The molecule has 3 rings (SSSR count). The molecule has 0 aliphatic carbocycles. The number of hydrogen-bond acceptors (Lipinski definition) is 5. The number of carboxylic acid groups (broad SMARTS) is 1. The predicted molar refractivity (Wildman–Crippen MR) is 102 cm³/mol. The second kappa shape index (κ2) is 8.52. The lowest BCUT2D eigenvalue weighted by molar-refractivity contribution is -0.0239. The van der Waals surface area contributed by atoms with Crippen molar-refractivity contribution in [1.82, 2.24) is 10.3 Å². The van der Waals surface area contributed by atoms with Crippen LogP contribution in [0.25, 0.3) is 22.6 Å². The molecule has 1 heterocycles. The number of benzene rings is 2. The molecule has 1 amide bonds. The molecule has 0 saturated heterocycles. The van der Waals surface area contributed by atoms with Crippen molar-refractivity contribution in [3.63, 3.8) is 0 Å². The van der Waals surface area contributed by atoms with Crippen molar-refractivity contribution in [2.24, 2.45) is 0 Å². The normalized spacial score (nSPS) is 12.6. The molecule has 0 aliphatic heterocycles. The van der Waals surface area contributed by atoms with E-state index < -0.39 is 30.5 Å². The van der Waals surface area contributed by atoms with Gasteiger partial charge >= 0.3 is 6.09 Å². The van der Waals surface area contributed by atoms with Gasteiger partial charge in [-0.05, 0) is 37.3 Å². The SMILES string of the molecule is C[C@@H](COc1ccc2nc(-c3ccc(OCC(C)(F)F)c(F)c3)oc2c1)NC(=O)O. The number of hydrogen-bond donors (Lipinski definition) is 2. The van der Waals surface area contributed by atoms with Gasteiger partial charge in [0.15, 0.2) is 23.8 Å². The molecule has 160 valence electrons. The third kappa shape index (κ3) is 5.56. The van der Waals surface area contributed by atoms with Crippen molar-refractivity contribution < 1.29 is 37.0 Å². The second-order valence-electron chi connectivity index (χ2n) is 6.81. The number of oxazole rings is 1. The summed E-state index contributed by atoms with van der Waals surface area (Å²) >= 11 is 0. The van der Waals surface area contributed by atoms with E-state index in [0.29, 0.717) is 29.3 Å². The highest BCUT2D eigenvalue weighted by Crippen LogP contribution is 2.30. The maximum Gasteiger partial charge on any atom is 0.404 e. The van der Waals surface area contributed by atoms with Crippen LogP contribution in [0.15, 0.2) is 40.8 Å². The van der Waals surface area contributed by atoms with Crippen molar-refractivity contribution in [2.45, 2.75) is 25.8 Å². The zero-order valence-electron chi connectivity index (χ0n) is 16.1. The summed E-state index contributed by atoms with van der Waals surface area (Å²) in [6, 6.07) is 8.22. The van der Waals surface area contributed by atoms with Crippen molar-refractivity contribution >= 4 is 17.2 Å². The first-order chi connectivity index (χ1) is 14.1. The molecule has 1 aromatic heterocycles. The smallest absolute Gasteiger partial charge is 0.404 e. The molecule has 2 N–H and O–H groups in total. The first kappa shape index (κ1) is 21.3. The Kier molecular flexibility index (Phi) is 6.04. The maximum atomic E-state index is 14.2. The van der Waals surface area contributed by atoms with Gasteiger partial charge < -0.3 is 24.3 Å². The summed E-state index contributed by atoms with van der Waals surface area (Å²) in [5.74, 6) is -3.61. The number of nitrogens with zero attached hydrogens (tertiary/aromatic N) is 1. The van der Waals surface area contributed by atoms with Gasteiger partial charge in [-0.15, -0.1) is 0 Å². The molecule has 0 unspecified atom stereocenters. The summed E-state index contributed by atoms with van der Waals surface area (Å²) in [4.78, 5) is 14.9. The van der Waals surface area contributed by atoms with Gasteiger partial charge in [0, 0.05) is 18.6 Å². The highest BCUT2D eigenvalue weighted by molar-refractivity contribution is 5.77. The van der Waals surface area contributed by atoms with Gasteiger partial charge in [0.1, 0.15) is 17.9 Å². The average molecular weight is 424 g/mol. The van der Waals surface area contributed by atoms with Gasteiger partial charge in [0.05, 0.1) is 6.04 Å². The van der Waals surface area contributed by atoms with E-state index in [1.807, 2.05) is 0 Å². The molecule has 0 spiro atoms. The lowest BCUT2D eigenvalue weighted by Crippen LogP contribution is -2.35. The quantitative estimate of drug-likeness (QED) is 0.544. The number of aromatic nitrogens is 1. The van der Waals surface area contributed by atoms with E-state index in [-0.39, 0.29) is 18.2 Å². The zero-order chi connectivity index (χ0) is 21.9. The molecule has 1 atom stereocenters. The van der Waals surface area contributed by atoms with E-state index in [4.69, 9.17) is 19.0 Å². The lowest BCUT2D eigenvalue weighted by atomic mass is 10.2. The lowest BCUT2D eigenvalue weighted by Gasteiger charge is -2.12. The predicted octanol–water partition coefficient (Wildman–Crippen LogP) is 4.70. The van der Waals surface area contributed by atoms with Crippen LogP contribution in [0.5, 0.6) is 11.5 Å². The Hall–Kier alpha value is -3.43. The number of rotatable bonds is 8. The minimum atomic E-state index is -3.08. The minimum Gasteiger partial charge on any atom is -0.491 e. The molecule has 0 fully saturated rings. The van der Waals surface area contributed by atoms with Crippen LogP contribution in [0.2, 0.25) is 0 Å². The molecule has 2 aromatic carbocycles. The molecule has 0 radical (unpaired) electrons. The third-order valence-corrected chi connectivity index (χ3v) is 3.89. The molecular formula is C20H19F3N2O5. The largest absolute Gasteiger partial charge is 0.491 e. The van der Waals surface area contributed by atoms with Gasteiger partial charge in [-0.2, -0.15) is 0 Å². The van der Waals surface area contributed by atoms with Crippen LogP contribution in [-0.4, -0.2) is 41.4 Å². The summed E-state index contributed by atoms with van der Waals surface area (Å²) in [6.07, 6.45) is -1.14. The molecule has 0 aliphatic rings. The topological polar surface area (TPSA) is 93.8 Å². The van der Waals surface area contributed by atoms with E-state index in [1.54, 1.807) is 25.1 Å².